The summed E-state index contributed by atoms with van der Waals surface area (Å²) in [5.74, 6) is 2.17. The molecule has 1 N–H and O–H groups in total. The van der Waals surface area contributed by atoms with Gasteiger partial charge >= 0.3 is 0 Å². The number of amides is 1. The van der Waals surface area contributed by atoms with E-state index in [1.165, 1.54) is 11.3 Å². The van der Waals surface area contributed by atoms with Gasteiger partial charge in [0, 0.05) is 37.5 Å². The van der Waals surface area contributed by atoms with Gasteiger partial charge in [0.05, 0.1) is 6.20 Å². The average Bonchev–Trinajstić information content (AvgIpc) is 3.23. The molecule has 1 fully saturated rings. The van der Waals surface area contributed by atoms with Crippen molar-refractivity contribution in [3.63, 3.8) is 0 Å². The number of hydrogen-bond donors (Lipinski definition) is 1. The fourth-order valence-electron chi connectivity index (χ4n) is 3.30. The molecule has 2 aromatic rings. The summed E-state index contributed by atoms with van der Waals surface area (Å²) in [6.07, 6.45) is 5.97. The highest BCUT2D eigenvalue weighted by molar-refractivity contribution is 5.76. The Morgan fingerprint density at radius 3 is 3.00 bits per heavy atom. The van der Waals surface area contributed by atoms with Gasteiger partial charge in [-0.2, -0.15) is 10.1 Å². The van der Waals surface area contributed by atoms with Crippen LogP contribution in [0.15, 0.2) is 10.7 Å². The molecule has 25 heavy (non-hydrogen) atoms. The Labute approximate surface area is 148 Å². The first-order valence-electron chi connectivity index (χ1n) is 9.12. The summed E-state index contributed by atoms with van der Waals surface area (Å²) < 4.78 is 5.23. The molecule has 1 aliphatic heterocycles. The van der Waals surface area contributed by atoms with Gasteiger partial charge in [-0.05, 0) is 37.7 Å². The van der Waals surface area contributed by atoms with Crippen LogP contribution >= 0.6 is 0 Å². The Kier molecular flexibility index (Phi) is 5.50. The molecule has 1 aliphatic rings. The summed E-state index contributed by atoms with van der Waals surface area (Å²) in [5, 5.41) is 11.1. The summed E-state index contributed by atoms with van der Waals surface area (Å²) in [5.41, 5.74) is 2.38. The van der Waals surface area contributed by atoms with Crippen LogP contribution in [-0.2, 0) is 17.6 Å². The summed E-state index contributed by atoms with van der Waals surface area (Å²) >= 11 is 0. The van der Waals surface area contributed by atoms with Crippen LogP contribution in [0.5, 0.6) is 0 Å². The Morgan fingerprint density at radius 2 is 2.32 bits per heavy atom. The van der Waals surface area contributed by atoms with Crippen molar-refractivity contribution in [3.05, 3.63) is 29.2 Å². The molecule has 1 unspecified atom stereocenters. The van der Waals surface area contributed by atoms with Crippen LogP contribution in [0.2, 0.25) is 0 Å². The molecule has 1 amide bonds. The number of rotatable bonds is 6. The molecule has 7 nitrogen and oxygen atoms in total. The Hall–Kier alpha value is -2.18. The van der Waals surface area contributed by atoms with Crippen molar-refractivity contribution >= 4 is 5.91 Å². The average molecular weight is 345 g/mol. The first-order valence-corrected chi connectivity index (χ1v) is 9.12. The number of hydrogen-bond acceptors (Lipinski definition) is 5. The standard InChI is InChI=1S/C18H27N5O2/c1-12(2)18-20-16(25-22-18)6-7-17(24)23-8-4-5-14(11-23)9-15-13(3)10-19-21-15/h10,12,14H,4-9,11H2,1-3H3,(H,19,21). The molecule has 0 saturated carbocycles. The molecule has 1 atom stereocenters. The van der Waals surface area contributed by atoms with Gasteiger partial charge in [-0.3, -0.25) is 9.89 Å². The van der Waals surface area contributed by atoms with E-state index < -0.39 is 0 Å². The predicted molar refractivity (Wildman–Crippen MR) is 93.0 cm³/mol. The van der Waals surface area contributed by atoms with Crippen molar-refractivity contribution in [1.29, 1.82) is 0 Å². The second-order valence-electron chi connectivity index (χ2n) is 7.28. The van der Waals surface area contributed by atoms with Crippen LogP contribution in [0.1, 0.15) is 62.0 Å². The first kappa shape index (κ1) is 17.6. The van der Waals surface area contributed by atoms with Gasteiger partial charge in [0.25, 0.3) is 0 Å². The van der Waals surface area contributed by atoms with Gasteiger partial charge in [-0.25, -0.2) is 0 Å². The summed E-state index contributed by atoms with van der Waals surface area (Å²) in [6.45, 7) is 7.78. The molecular weight excluding hydrogens is 318 g/mol. The van der Waals surface area contributed by atoms with E-state index in [2.05, 4.69) is 27.3 Å². The number of carbonyl (C=O) groups excluding carboxylic acids is 1. The molecular formula is C18H27N5O2. The quantitative estimate of drug-likeness (QED) is 0.869. The van der Waals surface area contributed by atoms with E-state index in [0.717, 1.165) is 32.4 Å². The van der Waals surface area contributed by atoms with E-state index in [0.29, 0.717) is 30.5 Å². The maximum atomic E-state index is 12.5. The second kappa shape index (κ2) is 7.80. The van der Waals surface area contributed by atoms with Crippen molar-refractivity contribution in [1.82, 2.24) is 25.2 Å². The van der Waals surface area contributed by atoms with Crippen molar-refractivity contribution in [3.8, 4) is 0 Å². The maximum Gasteiger partial charge on any atom is 0.227 e. The molecule has 0 bridgehead atoms. The fourth-order valence-corrected chi connectivity index (χ4v) is 3.30. The molecule has 136 valence electrons. The number of aryl methyl sites for hydroxylation is 2. The van der Waals surface area contributed by atoms with Crippen molar-refractivity contribution in [2.24, 2.45) is 5.92 Å². The normalized spacial score (nSPS) is 18.1. The van der Waals surface area contributed by atoms with Gasteiger partial charge in [-0.15, -0.1) is 0 Å². The lowest BCUT2D eigenvalue weighted by atomic mass is 9.92. The van der Waals surface area contributed by atoms with Gasteiger partial charge < -0.3 is 9.42 Å². The van der Waals surface area contributed by atoms with E-state index in [-0.39, 0.29) is 11.8 Å². The third-order valence-corrected chi connectivity index (χ3v) is 4.85. The SMILES string of the molecule is Cc1cn[nH]c1CC1CCCN(C(=O)CCc2nc(C(C)C)no2)C1. The summed E-state index contributed by atoms with van der Waals surface area (Å²) in [4.78, 5) is 18.9. The molecule has 2 aromatic heterocycles. The second-order valence-corrected chi connectivity index (χ2v) is 7.28. The fraction of sp³-hybridized carbons (Fsp3) is 0.667. The molecule has 0 spiro atoms. The highest BCUT2D eigenvalue weighted by Gasteiger charge is 2.25. The minimum Gasteiger partial charge on any atom is -0.342 e. The van der Waals surface area contributed by atoms with Crippen LogP contribution in [0.4, 0.5) is 0 Å². The molecule has 3 heterocycles. The third-order valence-electron chi connectivity index (χ3n) is 4.85. The Balaban J connectivity index is 1.50. The zero-order valence-corrected chi connectivity index (χ0v) is 15.3. The lowest BCUT2D eigenvalue weighted by Gasteiger charge is -2.32. The maximum absolute atomic E-state index is 12.5. The number of likely N-dealkylation sites (tertiary alicyclic amines) is 1. The van der Waals surface area contributed by atoms with Crippen LogP contribution in [0, 0.1) is 12.8 Å². The van der Waals surface area contributed by atoms with Crippen LogP contribution in [-0.4, -0.2) is 44.2 Å². The monoisotopic (exact) mass is 345 g/mol. The smallest absolute Gasteiger partial charge is 0.227 e. The van der Waals surface area contributed by atoms with E-state index in [9.17, 15) is 4.79 Å². The largest absolute Gasteiger partial charge is 0.342 e. The van der Waals surface area contributed by atoms with E-state index in [1.54, 1.807) is 0 Å². The van der Waals surface area contributed by atoms with E-state index in [1.807, 2.05) is 24.9 Å². The van der Waals surface area contributed by atoms with Gasteiger partial charge in [0.2, 0.25) is 11.8 Å². The van der Waals surface area contributed by atoms with E-state index in [4.69, 9.17) is 4.52 Å². The summed E-state index contributed by atoms with van der Waals surface area (Å²) in [6, 6.07) is 0. The Bertz CT molecular complexity index is 706. The van der Waals surface area contributed by atoms with Gasteiger partial charge in [0.15, 0.2) is 5.82 Å². The zero-order chi connectivity index (χ0) is 17.8. The van der Waals surface area contributed by atoms with Crippen LogP contribution in [0.25, 0.3) is 0 Å². The number of aromatic nitrogens is 4. The highest BCUT2D eigenvalue weighted by Crippen LogP contribution is 2.22. The minimum absolute atomic E-state index is 0.176. The number of piperidine rings is 1. The third kappa shape index (κ3) is 4.46. The van der Waals surface area contributed by atoms with Crippen molar-refractivity contribution < 1.29 is 9.32 Å². The van der Waals surface area contributed by atoms with Crippen LogP contribution < -0.4 is 0 Å². The number of nitrogens with zero attached hydrogens (tertiary/aromatic N) is 4. The van der Waals surface area contributed by atoms with E-state index >= 15 is 0 Å². The van der Waals surface area contributed by atoms with Crippen LogP contribution in [0.3, 0.4) is 0 Å². The molecule has 0 aliphatic carbocycles. The minimum atomic E-state index is 0.176. The molecule has 7 heteroatoms. The molecule has 0 aromatic carbocycles. The lowest BCUT2D eigenvalue weighted by molar-refractivity contribution is -0.133. The molecule has 3 rings (SSSR count). The Morgan fingerprint density at radius 1 is 1.48 bits per heavy atom. The van der Waals surface area contributed by atoms with Gasteiger partial charge in [-0.1, -0.05) is 19.0 Å². The number of aromatic amines is 1. The number of carbonyl (C=O) groups is 1. The number of H-pyrrole nitrogens is 1. The lowest BCUT2D eigenvalue weighted by Crippen LogP contribution is -2.40. The molecule has 0 radical (unpaired) electrons. The predicted octanol–water partition coefficient (Wildman–Crippen LogP) is 2.64. The number of nitrogens with one attached hydrogen (secondary N) is 1. The highest BCUT2D eigenvalue weighted by atomic mass is 16.5. The molecule has 1 saturated heterocycles. The topological polar surface area (TPSA) is 87.9 Å². The summed E-state index contributed by atoms with van der Waals surface area (Å²) in [7, 11) is 0. The van der Waals surface area contributed by atoms with Crippen molar-refractivity contribution in [2.45, 2.75) is 58.8 Å². The van der Waals surface area contributed by atoms with Gasteiger partial charge in [0.1, 0.15) is 0 Å². The first-order chi connectivity index (χ1) is 12.0. The zero-order valence-electron chi connectivity index (χ0n) is 15.3. The van der Waals surface area contributed by atoms with Crippen molar-refractivity contribution in [2.75, 3.05) is 13.1 Å².